The molecule has 0 aliphatic heterocycles. The van der Waals surface area contributed by atoms with Crippen molar-refractivity contribution in [3.05, 3.63) is 75.6 Å². The van der Waals surface area contributed by atoms with Crippen LogP contribution in [0.3, 0.4) is 0 Å². The van der Waals surface area contributed by atoms with E-state index in [4.69, 9.17) is 4.74 Å². The predicted octanol–water partition coefficient (Wildman–Crippen LogP) is 3.03. The average molecular weight is 332 g/mol. The van der Waals surface area contributed by atoms with Gasteiger partial charge in [0.1, 0.15) is 11.4 Å². The molecule has 0 aromatic heterocycles. The summed E-state index contributed by atoms with van der Waals surface area (Å²) in [6.45, 7) is 1.71. The fraction of sp³-hybridized carbons (Fsp3) is 0.235. The van der Waals surface area contributed by atoms with Gasteiger partial charge in [-0.05, 0) is 25.1 Å². The van der Waals surface area contributed by atoms with Gasteiger partial charge in [-0.1, -0.05) is 18.2 Å². The Morgan fingerprint density at radius 1 is 1.25 bits per heavy atom. The summed E-state index contributed by atoms with van der Waals surface area (Å²) in [5.74, 6) is -0.851. The number of nitrogens with one attached hydrogen (secondary N) is 1. The molecule has 126 valence electrons. The molecule has 0 spiro atoms. The number of hydrogen-bond acceptors (Lipinski definition) is 4. The summed E-state index contributed by atoms with van der Waals surface area (Å²) in [5.41, 5.74) is -0.536. The van der Waals surface area contributed by atoms with E-state index in [0.29, 0.717) is 5.56 Å². The fourth-order valence-corrected chi connectivity index (χ4v) is 2.25. The summed E-state index contributed by atoms with van der Waals surface area (Å²) in [4.78, 5) is 22.3. The predicted molar refractivity (Wildman–Crippen MR) is 86.2 cm³/mol. The van der Waals surface area contributed by atoms with E-state index in [1.54, 1.807) is 25.1 Å². The van der Waals surface area contributed by atoms with Crippen LogP contribution in [0, 0.1) is 15.9 Å². The summed E-state index contributed by atoms with van der Waals surface area (Å²) < 4.78 is 19.4. The van der Waals surface area contributed by atoms with Gasteiger partial charge in [0.25, 0.3) is 11.6 Å². The van der Waals surface area contributed by atoms with E-state index in [1.807, 2.05) is 0 Å². The zero-order chi connectivity index (χ0) is 17.7. The molecule has 1 unspecified atom stereocenters. The highest BCUT2D eigenvalue weighted by Crippen LogP contribution is 2.26. The van der Waals surface area contributed by atoms with Crippen LogP contribution in [0.5, 0.6) is 0 Å². The minimum atomic E-state index is -1.04. The van der Waals surface area contributed by atoms with Gasteiger partial charge in [0, 0.05) is 30.4 Å². The Morgan fingerprint density at radius 3 is 2.42 bits per heavy atom. The number of nitro benzene ring substituents is 1. The molecule has 0 radical (unpaired) electrons. The first-order valence-electron chi connectivity index (χ1n) is 7.20. The van der Waals surface area contributed by atoms with Crippen LogP contribution in [-0.4, -0.2) is 24.5 Å². The molecule has 0 aliphatic rings. The maximum Gasteiger partial charge on any atom is 0.269 e. The number of nitro groups is 1. The first-order chi connectivity index (χ1) is 11.4. The lowest BCUT2D eigenvalue weighted by Crippen LogP contribution is -2.40. The van der Waals surface area contributed by atoms with E-state index >= 15 is 0 Å². The van der Waals surface area contributed by atoms with Gasteiger partial charge in [0.05, 0.1) is 11.5 Å². The highest BCUT2D eigenvalue weighted by atomic mass is 19.1. The van der Waals surface area contributed by atoms with Crippen LogP contribution in [0.2, 0.25) is 0 Å². The van der Waals surface area contributed by atoms with Gasteiger partial charge in [-0.3, -0.25) is 14.9 Å². The first-order valence-corrected chi connectivity index (χ1v) is 7.20. The van der Waals surface area contributed by atoms with Gasteiger partial charge in [-0.25, -0.2) is 4.39 Å². The molecular formula is C17H17FN2O4. The number of hydrogen-bond donors (Lipinski definition) is 1. The number of nitrogens with zero attached hydrogens (tertiary/aromatic N) is 1. The van der Waals surface area contributed by atoms with Crippen LogP contribution in [0.4, 0.5) is 10.1 Å². The van der Waals surface area contributed by atoms with Gasteiger partial charge in [-0.2, -0.15) is 0 Å². The highest BCUT2D eigenvalue weighted by Gasteiger charge is 2.29. The molecule has 0 fully saturated rings. The van der Waals surface area contributed by atoms with Gasteiger partial charge in [0.15, 0.2) is 0 Å². The number of carbonyl (C=O) groups excluding carboxylic acids is 1. The molecule has 1 atom stereocenters. The topological polar surface area (TPSA) is 81.5 Å². The van der Waals surface area contributed by atoms with Crippen molar-refractivity contribution in [1.82, 2.24) is 5.32 Å². The normalized spacial score (nSPS) is 13.1. The minimum Gasteiger partial charge on any atom is -0.372 e. The Bertz CT molecular complexity index is 749. The highest BCUT2D eigenvalue weighted by molar-refractivity contribution is 5.94. The van der Waals surface area contributed by atoms with Crippen molar-refractivity contribution in [2.24, 2.45) is 0 Å². The molecule has 2 aromatic rings. The van der Waals surface area contributed by atoms with E-state index in [1.165, 1.54) is 37.4 Å². The molecule has 1 N–H and O–H groups in total. The van der Waals surface area contributed by atoms with Crippen LogP contribution in [0.25, 0.3) is 0 Å². The maximum atomic E-state index is 14.0. The number of methoxy groups -OCH3 is 1. The molecule has 1 amide bonds. The summed E-state index contributed by atoms with van der Waals surface area (Å²) >= 11 is 0. The van der Waals surface area contributed by atoms with Gasteiger partial charge in [0.2, 0.25) is 0 Å². The lowest BCUT2D eigenvalue weighted by atomic mass is 9.95. The van der Waals surface area contributed by atoms with Crippen LogP contribution in [0.15, 0.2) is 48.5 Å². The van der Waals surface area contributed by atoms with E-state index < -0.39 is 22.2 Å². The standard InChI is InChI=1S/C17H17FN2O4/c1-17(24-2,14-5-3-4-6-15(14)18)11-19-16(21)12-7-9-13(10-8-12)20(22)23/h3-10H,11H2,1-2H3,(H,19,21). The lowest BCUT2D eigenvalue weighted by Gasteiger charge is -2.29. The molecule has 24 heavy (non-hydrogen) atoms. The molecule has 0 saturated carbocycles. The van der Waals surface area contributed by atoms with E-state index in [9.17, 15) is 19.3 Å². The maximum absolute atomic E-state index is 14.0. The monoisotopic (exact) mass is 332 g/mol. The van der Waals surface area contributed by atoms with Crippen molar-refractivity contribution in [3.8, 4) is 0 Å². The van der Waals surface area contributed by atoms with Crippen molar-refractivity contribution in [3.63, 3.8) is 0 Å². The average Bonchev–Trinajstić information content (AvgIpc) is 2.60. The molecule has 0 bridgehead atoms. The number of rotatable bonds is 6. The van der Waals surface area contributed by atoms with Crippen LogP contribution >= 0.6 is 0 Å². The molecule has 6 nitrogen and oxygen atoms in total. The quantitative estimate of drug-likeness (QED) is 0.651. The molecule has 0 aliphatic carbocycles. The third-order valence-corrected chi connectivity index (χ3v) is 3.82. The second kappa shape index (κ2) is 7.18. The smallest absolute Gasteiger partial charge is 0.269 e. The Balaban J connectivity index is 2.11. The van der Waals surface area contributed by atoms with Crippen LogP contribution in [0.1, 0.15) is 22.8 Å². The SMILES string of the molecule is COC(C)(CNC(=O)c1ccc([N+](=O)[O-])cc1)c1ccccc1F. The van der Waals surface area contributed by atoms with Crippen molar-refractivity contribution in [1.29, 1.82) is 0 Å². The lowest BCUT2D eigenvalue weighted by molar-refractivity contribution is -0.384. The molecular weight excluding hydrogens is 315 g/mol. The number of non-ortho nitro benzene ring substituents is 1. The summed E-state index contributed by atoms with van der Waals surface area (Å²) in [6, 6.07) is 11.4. The van der Waals surface area contributed by atoms with Gasteiger partial charge >= 0.3 is 0 Å². The van der Waals surface area contributed by atoms with E-state index in [0.717, 1.165) is 0 Å². The van der Waals surface area contributed by atoms with E-state index in [2.05, 4.69) is 5.32 Å². The number of halogens is 1. The zero-order valence-corrected chi connectivity index (χ0v) is 13.3. The molecule has 0 saturated heterocycles. The number of amides is 1. The second-order valence-corrected chi connectivity index (χ2v) is 5.40. The van der Waals surface area contributed by atoms with Gasteiger partial charge < -0.3 is 10.1 Å². The summed E-state index contributed by atoms with van der Waals surface area (Å²) in [5, 5.41) is 13.3. The second-order valence-electron chi connectivity index (χ2n) is 5.40. The van der Waals surface area contributed by atoms with Crippen LogP contribution < -0.4 is 5.32 Å². The summed E-state index contributed by atoms with van der Waals surface area (Å²) in [7, 11) is 1.43. The first kappa shape index (κ1) is 17.6. The Hall–Kier alpha value is -2.80. The third kappa shape index (κ3) is 3.75. The molecule has 2 rings (SSSR count). The minimum absolute atomic E-state index is 0.0419. The van der Waals surface area contributed by atoms with Gasteiger partial charge in [-0.15, -0.1) is 0 Å². The van der Waals surface area contributed by atoms with E-state index in [-0.39, 0.29) is 17.8 Å². The molecule has 0 heterocycles. The number of ether oxygens (including phenoxy) is 1. The largest absolute Gasteiger partial charge is 0.372 e. The third-order valence-electron chi connectivity index (χ3n) is 3.82. The number of benzene rings is 2. The molecule has 2 aromatic carbocycles. The van der Waals surface area contributed by atoms with Crippen molar-refractivity contribution >= 4 is 11.6 Å². The molecule has 7 heteroatoms. The van der Waals surface area contributed by atoms with Crippen molar-refractivity contribution < 1.29 is 18.8 Å². The van der Waals surface area contributed by atoms with Crippen molar-refractivity contribution in [2.45, 2.75) is 12.5 Å². The van der Waals surface area contributed by atoms with Crippen LogP contribution in [-0.2, 0) is 10.3 Å². The summed E-state index contributed by atoms with van der Waals surface area (Å²) in [6.07, 6.45) is 0. The number of carbonyl (C=O) groups is 1. The Kier molecular flexibility index (Phi) is 5.25. The van der Waals surface area contributed by atoms with Crippen molar-refractivity contribution in [2.75, 3.05) is 13.7 Å². The fourth-order valence-electron chi connectivity index (χ4n) is 2.25. The Labute approximate surface area is 138 Å². The zero-order valence-electron chi connectivity index (χ0n) is 13.3. The Morgan fingerprint density at radius 2 is 1.88 bits per heavy atom.